The lowest BCUT2D eigenvalue weighted by atomic mass is 10.1. The number of quaternary nitrogens is 1. The summed E-state index contributed by atoms with van der Waals surface area (Å²) in [6.45, 7) is 3.17. The van der Waals surface area contributed by atoms with Gasteiger partial charge in [0.15, 0.2) is 11.5 Å². The van der Waals surface area contributed by atoms with E-state index in [4.69, 9.17) is 9.47 Å². The van der Waals surface area contributed by atoms with Crippen LogP contribution in [0.5, 0.6) is 11.5 Å². The van der Waals surface area contributed by atoms with Crippen LogP contribution >= 0.6 is 0 Å². The van der Waals surface area contributed by atoms with E-state index in [1.165, 1.54) is 0 Å². The molecule has 0 aliphatic carbocycles. The van der Waals surface area contributed by atoms with Gasteiger partial charge in [-0.05, 0) is 50.3 Å². The summed E-state index contributed by atoms with van der Waals surface area (Å²) in [7, 11) is 4.95. The molecule has 0 saturated carbocycles. The van der Waals surface area contributed by atoms with Gasteiger partial charge in [-0.2, -0.15) is 0 Å². The van der Waals surface area contributed by atoms with Crippen molar-refractivity contribution in [2.75, 3.05) is 34.4 Å². The van der Waals surface area contributed by atoms with Crippen molar-refractivity contribution in [1.82, 2.24) is 10.2 Å². The van der Waals surface area contributed by atoms with Crippen molar-refractivity contribution in [2.45, 2.75) is 45.1 Å². The SMILES string of the molecule is COc1ccc(CCN(C)C(=O)[C@H](C)NC(=O)CCCCC[NH3+])cc1OC. The molecule has 1 aromatic rings. The number of nitrogens with one attached hydrogen (secondary N) is 1. The molecule has 2 amide bonds. The summed E-state index contributed by atoms with van der Waals surface area (Å²) >= 11 is 0. The number of hydrogen-bond acceptors (Lipinski definition) is 4. The molecule has 0 unspecified atom stereocenters. The molecule has 1 rings (SSSR count). The number of unbranched alkanes of at least 4 members (excludes halogenated alkanes) is 2. The van der Waals surface area contributed by atoms with Gasteiger partial charge in [-0.25, -0.2) is 0 Å². The van der Waals surface area contributed by atoms with Gasteiger partial charge >= 0.3 is 0 Å². The monoisotopic (exact) mass is 380 g/mol. The van der Waals surface area contributed by atoms with Gasteiger partial charge in [0.25, 0.3) is 0 Å². The number of hydrogen-bond donors (Lipinski definition) is 2. The fourth-order valence-corrected chi connectivity index (χ4v) is 2.79. The molecule has 0 spiro atoms. The Kier molecular flexibility index (Phi) is 10.3. The van der Waals surface area contributed by atoms with Crippen LogP contribution in [0.1, 0.15) is 38.2 Å². The Balaban J connectivity index is 2.45. The van der Waals surface area contributed by atoms with Crippen LogP contribution in [0.25, 0.3) is 0 Å². The number of rotatable bonds is 12. The summed E-state index contributed by atoms with van der Waals surface area (Å²) in [5.74, 6) is 1.18. The van der Waals surface area contributed by atoms with Crippen molar-refractivity contribution in [2.24, 2.45) is 0 Å². The van der Waals surface area contributed by atoms with Gasteiger partial charge in [-0.3, -0.25) is 9.59 Å². The Morgan fingerprint density at radius 3 is 2.48 bits per heavy atom. The largest absolute Gasteiger partial charge is 0.493 e. The van der Waals surface area contributed by atoms with Gasteiger partial charge in [0.2, 0.25) is 11.8 Å². The maximum atomic E-state index is 12.5. The lowest BCUT2D eigenvalue weighted by Crippen LogP contribution is -2.50. The van der Waals surface area contributed by atoms with Crippen LogP contribution in [0.3, 0.4) is 0 Å². The molecule has 0 aromatic heterocycles. The minimum absolute atomic E-state index is 0.0757. The van der Waals surface area contributed by atoms with Gasteiger partial charge in [0.05, 0.1) is 20.8 Å². The van der Waals surface area contributed by atoms with E-state index in [1.54, 1.807) is 33.1 Å². The Hall–Kier alpha value is -2.28. The van der Waals surface area contributed by atoms with Crippen molar-refractivity contribution in [1.29, 1.82) is 0 Å². The Labute approximate surface area is 162 Å². The molecule has 1 aromatic carbocycles. The number of carbonyl (C=O) groups is 2. The first kappa shape index (κ1) is 22.8. The topological polar surface area (TPSA) is 95.5 Å². The van der Waals surface area contributed by atoms with Crippen molar-refractivity contribution in [3.63, 3.8) is 0 Å². The van der Waals surface area contributed by atoms with Crippen molar-refractivity contribution < 1.29 is 24.8 Å². The summed E-state index contributed by atoms with van der Waals surface area (Å²) < 4.78 is 10.5. The smallest absolute Gasteiger partial charge is 0.244 e. The predicted octanol–water partition coefficient (Wildman–Crippen LogP) is 1.01. The van der Waals surface area contributed by atoms with Crippen molar-refractivity contribution >= 4 is 11.8 Å². The molecule has 4 N–H and O–H groups in total. The number of likely N-dealkylation sites (N-methyl/N-ethyl adjacent to an activating group) is 1. The van der Waals surface area contributed by atoms with Crippen molar-refractivity contribution in [3.8, 4) is 11.5 Å². The van der Waals surface area contributed by atoms with Crippen LogP contribution in [0.2, 0.25) is 0 Å². The van der Waals surface area contributed by atoms with E-state index in [2.05, 4.69) is 11.1 Å². The zero-order valence-corrected chi connectivity index (χ0v) is 17.0. The maximum absolute atomic E-state index is 12.5. The molecule has 0 aliphatic rings. The van der Waals surface area contributed by atoms with Crippen LogP contribution in [0.15, 0.2) is 18.2 Å². The highest BCUT2D eigenvalue weighted by Crippen LogP contribution is 2.27. The molecule has 0 heterocycles. The lowest BCUT2D eigenvalue weighted by molar-refractivity contribution is -0.368. The molecule has 0 radical (unpaired) electrons. The third kappa shape index (κ3) is 7.86. The molecule has 0 aliphatic heterocycles. The van der Waals surface area contributed by atoms with Gasteiger partial charge < -0.3 is 25.4 Å². The molecule has 0 saturated heterocycles. The molecule has 7 heteroatoms. The number of ether oxygens (including phenoxy) is 2. The summed E-state index contributed by atoms with van der Waals surface area (Å²) in [6, 6.07) is 5.19. The second-order valence-electron chi connectivity index (χ2n) is 6.65. The van der Waals surface area contributed by atoms with Crippen LogP contribution in [0, 0.1) is 0 Å². The van der Waals surface area contributed by atoms with Crippen molar-refractivity contribution in [3.05, 3.63) is 23.8 Å². The predicted molar refractivity (Wildman–Crippen MR) is 105 cm³/mol. The number of carbonyl (C=O) groups excluding carboxylic acids is 2. The zero-order valence-electron chi connectivity index (χ0n) is 17.0. The van der Waals surface area contributed by atoms with E-state index >= 15 is 0 Å². The summed E-state index contributed by atoms with van der Waals surface area (Å²) in [4.78, 5) is 26.0. The Bertz CT molecular complexity index is 607. The highest BCUT2D eigenvalue weighted by atomic mass is 16.5. The van der Waals surface area contributed by atoms with E-state index in [0.29, 0.717) is 30.9 Å². The number of benzene rings is 1. The first-order valence-corrected chi connectivity index (χ1v) is 9.47. The second-order valence-corrected chi connectivity index (χ2v) is 6.65. The average Bonchev–Trinajstić information content (AvgIpc) is 2.68. The van der Waals surface area contributed by atoms with Crippen LogP contribution < -0.4 is 20.5 Å². The zero-order chi connectivity index (χ0) is 20.2. The van der Waals surface area contributed by atoms with E-state index in [0.717, 1.165) is 31.4 Å². The van der Waals surface area contributed by atoms with Crippen LogP contribution in [0.4, 0.5) is 0 Å². The number of amides is 2. The first-order chi connectivity index (χ1) is 12.9. The van der Waals surface area contributed by atoms with E-state index in [9.17, 15) is 9.59 Å². The molecular weight excluding hydrogens is 346 g/mol. The summed E-state index contributed by atoms with van der Waals surface area (Å²) in [5.41, 5.74) is 4.84. The Morgan fingerprint density at radius 2 is 1.85 bits per heavy atom. The van der Waals surface area contributed by atoms with Gasteiger partial charge in [-0.15, -0.1) is 0 Å². The molecule has 152 valence electrons. The quantitative estimate of drug-likeness (QED) is 0.529. The van der Waals surface area contributed by atoms with Gasteiger partial charge in [0.1, 0.15) is 6.04 Å². The minimum Gasteiger partial charge on any atom is -0.493 e. The highest BCUT2D eigenvalue weighted by molar-refractivity contribution is 5.87. The van der Waals surface area contributed by atoms with E-state index < -0.39 is 6.04 Å². The fourth-order valence-electron chi connectivity index (χ4n) is 2.79. The van der Waals surface area contributed by atoms with E-state index in [-0.39, 0.29) is 11.8 Å². The molecule has 0 bridgehead atoms. The minimum atomic E-state index is -0.527. The van der Waals surface area contributed by atoms with E-state index in [1.807, 2.05) is 18.2 Å². The molecule has 1 atom stereocenters. The first-order valence-electron chi connectivity index (χ1n) is 9.47. The third-order valence-corrected chi connectivity index (χ3v) is 4.46. The molecule has 27 heavy (non-hydrogen) atoms. The maximum Gasteiger partial charge on any atom is 0.244 e. The third-order valence-electron chi connectivity index (χ3n) is 4.46. The summed E-state index contributed by atoms with van der Waals surface area (Å²) in [6.07, 6.45) is 3.99. The normalized spacial score (nSPS) is 11.6. The highest BCUT2D eigenvalue weighted by Gasteiger charge is 2.19. The standard InChI is InChI=1S/C20H33N3O4/c1-15(22-19(24)8-6-5-7-12-21)20(25)23(2)13-11-16-9-10-17(26-3)18(14-16)27-4/h9-10,14-15H,5-8,11-13,21H2,1-4H3,(H,22,24)/p+1/t15-/m0/s1. The lowest BCUT2D eigenvalue weighted by Gasteiger charge is -2.22. The van der Waals surface area contributed by atoms with Crippen LogP contribution in [-0.2, 0) is 16.0 Å². The van der Waals surface area contributed by atoms with Gasteiger partial charge in [-0.1, -0.05) is 6.07 Å². The second kappa shape index (κ2) is 12.2. The van der Waals surface area contributed by atoms with Crippen LogP contribution in [-0.4, -0.2) is 57.1 Å². The average molecular weight is 381 g/mol. The number of methoxy groups -OCH3 is 2. The summed E-state index contributed by atoms with van der Waals surface area (Å²) in [5, 5.41) is 2.79. The molecule has 7 nitrogen and oxygen atoms in total. The molecule has 0 fully saturated rings. The fraction of sp³-hybridized carbons (Fsp3) is 0.600. The Morgan fingerprint density at radius 1 is 1.15 bits per heavy atom. The number of nitrogens with zero attached hydrogens (tertiary/aromatic N) is 1. The van der Waals surface area contributed by atoms with Gasteiger partial charge in [0, 0.05) is 20.0 Å². The molecular formula is C20H34N3O4+.